The first kappa shape index (κ1) is 8.27. The number of hydrogen-bond acceptors (Lipinski definition) is 3. The minimum atomic E-state index is -0.340. The smallest absolute Gasteiger partial charge is 0.333 e. The van der Waals surface area contributed by atoms with Gasteiger partial charge in [0.15, 0.2) is 0 Å². The molecule has 0 N–H and O–H groups in total. The van der Waals surface area contributed by atoms with Crippen molar-refractivity contribution in [2.24, 2.45) is 0 Å². The lowest BCUT2D eigenvalue weighted by molar-refractivity contribution is -0.144. The molecule has 1 saturated heterocycles. The zero-order valence-electron chi connectivity index (χ0n) is 6.79. The SMILES string of the molecule is C=C(C)C(=O)OC(C)C1CO1.[HH]. The van der Waals surface area contributed by atoms with Gasteiger partial charge >= 0.3 is 5.97 Å². The Kier molecular flexibility index (Phi) is 2.29. The Morgan fingerprint density at radius 1 is 1.91 bits per heavy atom. The van der Waals surface area contributed by atoms with Crippen LogP contribution in [0.15, 0.2) is 12.2 Å². The summed E-state index contributed by atoms with van der Waals surface area (Å²) in [5, 5.41) is 0. The lowest BCUT2D eigenvalue weighted by atomic mass is 10.3. The van der Waals surface area contributed by atoms with Crippen molar-refractivity contribution in [1.82, 2.24) is 0 Å². The van der Waals surface area contributed by atoms with E-state index in [0.717, 1.165) is 0 Å². The van der Waals surface area contributed by atoms with Gasteiger partial charge in [0.1, 0.15) is 12.2 Å². The molecule has 1 rings (SSSR count). The largest absolute Gasteiger partial charge is 0.456 e. The van der Waals surface area contributed by atoms with E-state index in [4.69, 9.17) is 9.47 Å². The third-order valence-corrected chi connectivity index (χ3v) is 1.52. The summed E-state index contributed by atoms with van der Waals surface area (Å²) in [6.45, 7) is 7.62. The maximum atomic E-state index is 10.9. The van der Waals surface area contributed by atoms with Crippen LogP contribution in [0.4, 0.5) is 0 Å². The highest BCUT2D eigenvalue weighted by atomic mass is 16.6. The summed E-state index contributed by atoms with van der Waals surface area (Å²) in [6.07, 6.45) is -0.0301. The zero-order valence-corrected chi connectivity index (χ0v) is 6.79. The first-order valence-electron chi connectivity index (χ1n) is 3.59. The van der Waals surface area contributed by atoms with Gasteiger partial charge in [-0.05, 0) is 13.8 Å². The van der Waals surface area contributed by atoms with E-state index in [1.165, 1.54) is 0 Å². The fourth-order valence-corrected chi connectivity index (χ4v) is 0.672. The molecule has 0 saturated carbocycles. The minimum Gasteiger partial charge on any atom is -0.456 e. The van der Waals surface area contributed by atoms with Crippen LogP contribution in [0.25, 0.3) is 0 Å². The molecule has 1 fully saturated rings. The molecule has 0 aromatic carbocycles. The normalized spacial score (nSPS) is 24.0. The van der Waals surface area contributed by atoms with Gasteiger partial charge in [-0.2, -0.15) is 0 Å². The summed E-state index contributed by atoms with van der Waals surface area (Å²) in [6, 6.07) is 0. The number of hydrogen-bond donors (Lipinski definition) is 0. The van der Waals surface area contributed by atoms with Crippen LogP contribution in [-0.4, -0.2) is 24.8 Å². The molecule has 0 spiro atoms. The van der Waals surface area contributed by atoms with Gasteiger partial charge in [0.2, 0.25) is 0 Å². The molecule has 0 aliphatic carbocycles. The summed E-state index contributed by atoms with van der Waals surface area (Å²) < 4.78 is 9.92. The lowest BCUT2D eigenvalue weighted by Gasteiger charge is -2.09. The van der Waals surface area contributed by atoms with Crippen molar-refractivity contribution in [3.63, 3.8) is 0 Å². The molecule has 0 radical (unpaired) electrons. The van der Waals surface area contributed by atoms with Crippen LogP contribution in [0.1, 0.15) is 15.3 Å². The molecule has 0 aromatic rings. The van der Waals surface area contributed by atoms with Crippen molar-refractivity contribution in [3.05, 3.63) is 12.2 Å². The van der Waals surface area contributed by atoms with Gasteiger partial charge < -0.3 is 9.47 Å². The van der Waals surface area contributed by atoms with Gasteiger partial charge in [-0.1, -0.05) is 6.58 Å². The van der Waals surface area contributed by atoms with Gasteiger partial charge in [-0.15, -0.1) is 0 Å². The van der Waals surface area contributed by atoms with Gasteiger partial charge in [0, 0.05) is 7.00 Å². The molecule has 2 unspecified atom stereocenters. The molecule has 2 atom stereocenters. The van der Waals surface area contributed by atoms with Gasteiger partial charge in [-0.25, -0.2) is 4.79 Å². The van der Waals surface area contributed by atoms with Gasteiger partial charge in [0.25, 0.3) is 0 Å². The molecule has 3 heteroatoms. The van der Waals surface area contributed by atoms with Gasteiger partial charge in [-0.3, -0.25) is 0 Å². The second kappa shape index (κ2) is 3.05. The van der Waals surface area contributed by atoms with Crippen molar-refractivity contribution in [3.8, 4) is 0 Å². The van der Waals surface area contributed by atoms with Crippen molar-refractivity contribution in [2.75, 3.05) is 6.61 Å². The summed E-state index contributed by atoms with van der Waals surface area (Å²) in [5.74, 6) is -0.340. The van der Waals surface area contributed by atoms with Crippen molar-refractivity contribution >= 4 is 5.97 Å². The van der Waals surface area contributed by atoms with Crippen molar-refractivity contribution in [2.45, 2.75) is 26.1 Å². The second-order valence-electron chi connectivity index (χ2n) is 2.76. The van der Waals surface area contributed by atoms with E-state index in [0.29, 0.717) is 12.2 Å². The third-order valence-electron chi connectivity index (χ3n) is 1.52. The minimum absolute atomic E-state index is 0. The van der Waals surface area contributed by atoms with Crippen molar-refractivity contribution in [1.29, 1.82) is 0 Å². The van der Waals surface area contributed by atoms with Crippen LogP contribution >= 0.6 is 0 Å². The molecule has 64 valence electrons. The molecule has 11 heavy (non-hydrogen) atoms. The number of esters is 1. The zero-order chi connectivity index (χ0) is 8.43. The predicted molar refractivity (Wildman–Crippen MR) is 42.2 cm³/mol. The summed E-state index contributed by atoms with van der Waals surface area (Å²) in [7, 11) is 0. The maximum Gasteiger partial charge on any atom is 0.333 e. The van der Waals surface area contributed by atoms with Crippen molar-refractivity contribution < 1.29 is 15.7 Å². The number of carbonyl (C=O) groups excluding carboxylic acids is 1. The molecule has 1 heterocycles. The van der Waals surface area contributed by atoms with E-state index in [1.54, 1.807) is 6.92 Å². The Hall–Kier alpha value is -0.830. The van der Waals surface area contributed by atoms with Crippen LogP contribution in [0, 0.1) is 0 Å². The molecule has 0 aromatic heterocycles. The van der Waals surface area contributed by atoms with Crippen LogP contribution in [0.5, 0.6) is 0 Å². The molecular formula is C8H14O3. The van der Waals surface area contributed by atoms with Gasteiger partial charge in [0.05, 0.1) is 6.61 Å². The number of carbonyl (C=O) groups is 1. The average molecular weight is 158 g/mol. The highest BCUT2D eigenvalue weighted by molar-refractivity contribution is 5.87. The molecule has 3 nitrogen and oxygen atoms in total. The van der Waals surface area contributed by atoms with E-state index in [9.17, 15) is 4.79 Å². The summed E-state index contributed by atoms with van der Waals surface area (Å²) in [5.41, 5.74) is 0.428. The van der Waals surface area contributed by atoms with Crippen LogP contribution in [0.2, 0.25) is 0 Å². The van der Waals surface area contributed by atoms with E-state index in [-0.39, 0.29) is 19.6 Å². The lowest BCUT2D eigenvalue weighted by Crippen LogP contribution is -2.20. The fourth-order valence-electron chi connectivity index (χ4n) is 0.672. The Labute approximate surface area is 67.5 Å². The maximum absolute atomic E-state index is 10.9. The number of ether oxygens (including phenoxy) is 2. The van der Waals surface area contributed by atoms with Crippen LogP contribution in [0.3, 0.4) is 0 Å². The standard InChI is InChI=1S/C8H12O3.H2/c1-5(2)8(9)11-6(3)7-4-10-7;/h6-7H,1,4H2,2-3H3;1H. The monoisotopic (exact) mass is 158 g/mol. The van der Waals surface area contributed by atoms with Crippen LogP contribution in [-0.2, 0) is 14.3 Å². The molecule has 1 aliphatic heterocycles. The number of epoxide rings is 1. The summed E-state index contributed by atoms with van der Waals surface area (Å²) in [4.78, 5) is 10.9. The molecule has 1 aliphatic rings. The van der Waals surface area contributed by atoms with E-state index in [2.05, 4.69) is 6.58 Å². The number of rotatable bonds is 3. The molecular weight excluding hydrogens is 144 g/mol. The molecule has 0 bridgehead atoms. The Balaban J connectivity index is 0.00000121. The van der Waals surface area contributed by atoms with Crippen LogP contribution < -0.4 is 0 Å². The highest BCUT2D eigenvalue weighted by Crippen LogP contribution is 2.17. The van der Waals surface area contributed by atoms with E-state index < -0.39 is 0 Å². The Morgan fingerprint density at radius 2 is 2.45 bits per heavy atom. The molecule has 0 amide bonds. The Bertz CT molecular complexity index is 187. The fraction of sp³-hybridized carbons (Fsp3) is 0.625. The predicted octanol–water partition coefficient (Wildman–Crippen LogP) is 1.14. The topological polar surface area (TPSA) is 38.8 Å². The summed E-state index contributed by atoms with van der Waals surface area (Å²) >= 11 is 0. The second-order valence-corrected chi connectivity index (χ2v) is 2.76. The van der Waals surface area contributed by atoms with E-state index in [1.807, 2.05) is 6.92 Å². The third kappa shape index (κ3) is 2.35. The first-order valence-corrected chi connectivity index (χ1v) is 3.59. The first-order chi connectivity index (χ1) is 5.11. The average Bonchev–Trinajstić information content (AvgIpc) is 2.67. The highest BCUT2D eigenvalue weighted by Gasteiger charge is 2.32. The quantitative estimate of drug-likeness (QED) is 0.351. The van der Waals surface area contributed by atoms with E-state index >= 15 is 0 Å². The Morgan fingerprint density at radius 3 is 2.82 bits per heavy atom.